The summed E-state index contributed by atoms with van der Waals surface area (Å²) in [5.74, 6) is 0.817. The van der Waals surface area contributed by atoms with E-state index in [1.54, 1.807) is 11.8 Å². The van der Waals surface area contributed by atoms with Crippen molar-refractivity contribution in [1.82, 2.24) is 4.90 Å². The number of likely N-dealkylation sites (tertiary alicyclic amines) is 1. The van der Waals surface area contributed by atoms with Crippen molar-refractivity contribution in [2.24, 2.45) is 5.92 Å². The van der Waals surface area contributed by atoms with E-state index >= 15 is 0 Å². The van der Waals surface area contributed by atoms with Crippen LogP contribution in [0.15, 0.2) is 0 Å². The lowest BCUT2D eigenvalue weighted by atomic mass is 10.0. The molecule has 0 aromatic heterocycles. The van der Waals surface area contributed by atoms with Gasteiger partial charge in [-0.25, -0.2) is 4.79 Å². The number of piperidine rings is 1. The van der Waals surface area contributed by atoms with Crippen molar-refractivity contribution in [2.45, 2.75) is 78.2 Å². The van der Waals surface area contributed by atoms with Crippen LogP contribution in [-0.2, 0) is 9.53 Å². The minimum Gasteiger partial charge on any atom is -0.444 e. The van der Waals surface area contributed by atoms with E-state index in [0.717, 1.165) is 38.8 Å². The SMILES string of the molecule is CC(=O)C1CCCC1.CC(C)(C)OC(=O)N1CCCCC1. The highest BCUT2D eigenvalue weighted by Crippen LogP contribution is 2.24. The molecule has 4 nitrogen and oxygen atoms in total. The fourth-order valence-corrected chi connectivity index (χ4v) is 2.74. The Bertz CT molecular complexity index is 334. The molecular formula is C17H31NO3. The normalized spacial score (nSPS) is 19.7. The van der Waals surface area contributed by atoms with E-state index in [9.17, 15) is 9.59 Å². The first-order valence-electron chi connectivity index (χ1n) is 8.28. The van der Waals surface area contributed by atoms with Gasteiger partial charge in [0, 0.05) is 19.0 Å². The summed E-state index contributed by atoms with van der Waals surface area (Å²) in [6.07, 6.45) is 8.13. The molecule has 2 rings (SSSR count). The molecule has 1 saturated carbocycles. The van der Waals surface area contributed by atoms with Gasteiger partial charge in [-0.15, -0.1) is 0 Å². The third-order valence-electron chi connectivity index (χ3n) is 3.94. The van der Waals surface area contributed by atoms with Crippen molar-refractivity contribution in [3.05, 3.63) is 0 Å². The Kier molecular flexibility index (Phi) is 7.20. The summed E-state index contributed by atoms with van der Waals surface area (Å²) < 4.78 is 5.26. The number of Topliss-reactive ketones (excluding diaryl/α,β-unsaturated/α-hetero) is 1. The molecule has 1 amide bonds. The van der Waals surface area contributed by atoms with Gasteiger partial charge in [0.1, 0.15) is 11.4 Å². The molecule has 122 valence electrons. The van der Waals surface area contributed by atoms with Gasteiger partial charge in [-0.3, -0.25) is 4.79 Å². The summed E-state index contributed by atoms with van der Waals surface area (Å²) in [6.45, 7) is 9.11. The number of hydrogen-bond acceptors (Lipinski definition) is 3. The fourth-order valence-electron chi connectivity index (χ4n) is 2.74. The lowest BCUT2D eigenvalue weighted by Gasteiger charge is -2.29. The quantitative estimate of drug-likeness (QED) is 0.729. The molecule has 0 atom stereocenters. The van der Waals surface area contributed by atoms with Crippen LogP contribution < -0.4 is 0 Å². The number of carbonyl (C=O) groups excluding carboxylic acids is 2. The van der Waals surface area contributed by atoms with Gasteiger partial charge in [0.05, 0.1) is 0 Å². The zero-order valence-corrected chi connectivity index (χ0v) is 14.1. The van der Waals surface area contributed by atoms with Crippen molar-refractivity contribution in [3.8, 4) is 0 Å². The highest BCUT2D eigenvalue weighted by Gasteiger charge is 2.23. The molecule has 2 fully saturated rings. The number of hydrogen-bond donors (Lipinski definition) is 0. The van der Waals surface area contributed by atoms with Crippen LogP contribution in [0, 0.1) is 5.92 Å². The zero-order valence-electron chi connectivity index (χ0n) is 14.1. The van der Waals surface area contributed by atoms with Crippen molar-refractivity contribution >= 4 is 11.9 Å². The molecule has 0 aromatic carbocycles. The molecule has 0 unspecified atom stereocenters. The van der Waals surface area contributed by atoms with E-state index in [-0.39, 0.29) is 11.7 Å². The Labute approximate surface area is 129 Å². The molecule has 1 aliphatic carbocycles. The Morgan fingerprint density at radius 1 is 0.952 bits per heavy atom. The van der Waals surface area contributed by atoms with Crippen LogP contribution in [0.5, 0.6) is 0 Å². The van der Waals surface area contributed by atoms with Gasteiger partial charge in [-0.05, 0) is 59.8 Å². The molecular weight excluding hydrogens is 266 g/mol. The first kappa shape index (κ1) is 18.0. The Hall–Kier alpha value is -1.06. The van der Waals surface area contributed by atoms with E-state index < -0.39 is 0 Å². The van der Waals surface area contributed by atoms with Crippen molar-refractivity contribution in [1.29, 1.82) is 0 Å². The molecule has 2 aliphatic rings. The van der Waals surface area contributed by atoms with Crippen molar-refractivity contribution in [3.63, 3.8) is 0 Å². The van der Waals surface area contributed by atoms with Gasteiger partial charge in [-0.2, -0.15) is 0 Å². The highest BCUT2D eigenvalue weighted by atomic mass is 16.6. The van der Waals surface area contributed by atoms with E-state index in [1.807, 2.05) is 20.8 Å². The van der Waals surface area contributed by atoms with Gasteiger partial charge < -0.3 is 9.64 Å². The summed E-state index contributed by atoms with van der Waals surface area (Å²) in [5, 5.41) is 0. The van der Waals surface area contributed by atoms with E-state index in [1.165, 1.54) is 19.3 Å². The largest absolute Gasteiger partial charge is 0.444 e. The lowest BCUT2D eigenvalue weighted by molar-refractivity contribution is -0.120. The second kappa shape index (κ2) is 8.40. The van der Waals surface area contributed by atoms with E-state index in [2.05, 4.69) is 0 Å². The maximum absolute atomic E-state index is 11.5. The summed E-state index contributed by atoms with van der Waals surface area (Å²) in [6, 6.07) is 0. The van der Waals surface area contributed by atoms with E-state index in [0.29, 0.717) is 11.7 Å². The first-order valence-corrected chi connectivity index (χ1v) is 8.28. The third kappa shape index (κ3) is 7.49. The number of rotatable bonds is 1. The number of ether oxygens (including phenoxy) is 1. The Balaban J connectivity index is 0.000000235. The maximum atomic E-state index is 11.5. The monoisotopic (exact) mass is 297 g/mol. The van der Waals surface area contributed by atoms with Crippen LogP contribution in [0.3, 0.4) is 0 Å². The third-order valence-corrected chi connectivity index (χ3v) is 3.94. The number of nitrogens with zero attached hydrogens (tertiary/aromatic N) is 1. The summed E-state index contributed by atoms with van der Waals surface area (Å²) in [5.41, 5.74) is -0.367. The summed E-state index contributed by atoms with van der Waals surface area (Å²) in [7, 11) is 0. The van der Waals surface area contributed by atoms with Gasteiger partial charge in [-0.1, -0.05) is 12.8 Å². The minimum atomic E-state index is -0.367. The van der Waals surface area contributed by atoms with Gasteiger partial charge in [0.15, 0.2) is 0 Å². The fraction of sp³-hybridized carbons (Fsp3) is 0.882. The number of ketones is 1. The highest BCUT2D eigenvalue weighted by molar-refractivity contribution is 5.78. The lowest BCUT2D eigenvalue weighted by Crippen LogP contribution is -2.39. The molecule has 4 heteroatoms. The van der Waals surface area contributed by atoms with E-state index in [4.69, 9.17) is 4.74 Å². The average Bonchev–Trinajstić information content (AvgIpc) is 2.92. The Morgan fingerprint density at radius 3 is 1.86 bits per heavy atom. The second-order valence-corrected chi connectivity index (χ2v) is 7.12. The minimum absolute atomic E-state index is 0.160. The molecule has 0 aromatic rings. The molecule has 0 N–H and O–H groups in total. The smallest absolute Gasteiger partial charge is 0.410 e. The predicted molar refractivity (Wildman–Crippen MR) is 84.3 cm³/mol. The Morgan fingerprint density at radius 2 is 1.48 bits per heavy atom. The molecule has 0 spiro atoms. The van der Waals surface area contributed by atoms with Crippen LogP contribution >= 0.6 is 0 Å². The van der Waals surface area contributed by atoms with Crippen molar-refractivity contribution < 1.29 is 14.3 Å². The standard InChI is InChI=1S/C10H19NO2.C7H12O/c1-10(2,3)13-9(12)11-7-5-4-6-8-11;1-6(8)7-4-2-3-5-7/h4-8H2,1-3H3;7H,2-5H2,1H3. The number of amides is 1. The molecule has 21 heavy (non-hydrogen) atoms. The molecule has 1 saturated heterocycles. The van der Waals surface area contributed by atoms with Crippen LogP contribution in [-0.4, -0.2) is 35.5 Å². The van der Waals surface area contributed by atoms with Gasteiger partial charge >= 0.3 is 6.09 Å². The second-order valence-electron chi connectivity index (χ2n) is 7.12. The summed E-state index contributed by atoms with van der Waals surface area (Å²) in [4.78, 5) is 24.0. The molecule has 1 heterocycles. The molecule has 0 bridgehead atoms. The van der Waals surface area contributed by atoms with Crippen LogP contribution in [0.4, 0.5) is 4.79 Å². The first-order chi connectivity index (χ1) is 9.79. The topological polar surface area (TPSA) is 46.6 Å². The van der Waals surface area contributed by atoms with Crippen LogP contribution in [0.25, 0.3) is 0 Å². The number of carbonyl (C=O) groups is 2. The van der Waals surface area contributed by atoms with Crippen LogP contribution in [0.1, 0.15) is 72.6 Å². The molecule has 1 aliphatic heterocycles. The predicted octanol–water partition coefficient (Wildman–Crippen LogP) is 4.17. The molecule has 0 radical (unpaired) electrons. The van der Waals surface area contributed by atoms with Crippen molar-refractivity contribution in [2.75, 3.05) is 13.1 Å². The van der Waals surface area contributed by atoms with Gasteiger partial charge in [0.2, 0.25) is 0 Å². The maximum Gasteiger partial charge on any atom is 0.410 e. The zero-order chi connectivity index (χ0) is 15.9. The van der Waals surface area contributed by atoms with Gasteiger partial charge in [0.25, 0.3) is 0 Å². The average molecular weight is 297 g/mol. The van der Waals surface area contributed by atoms with Crippen LogP contribution in [0.2, 0.25) is 0 Å². The summed E-state index contributed by atoms with van der Waals surface area (Å²) >= 11 is 0.